The zero-order chi connectivity index (χ0) is 16.2. The van der Waals surface area contributed by atoms with Crippen LogP contribution in [0.15, 0.2) is 6.20 Å². The number of methoxy groups -OCH3 is 1. The zero-order valence-corrected chi connectivity index (χ0v) is 10.7. The molecule has 0 aliphatic carbocycles. The number of ether oxygens (including phenoxy) is 2. The molecule has 10 heteroatoms. The molecule has 0 aromatic carbocycles. The van der Waals surface area contributed by atoms with Crippen LogP contribution in [0.2, 0.25) is 0 Å². The van der Waals surface area contributed by atoms with Gasteiger partial charge in [0.15, 0.2) is 0 Å². The van der Waals surface area contributed by atoms with Crippen LogP contribution in [0.4, 0.5) is 22.0 Å². The number of carbonyl (C=O) groups excluding carboxylic acids is 1. The van der Waals surface area contributed by atoms with Gasteiger partial charge in [0.2, 0.25) is 5.88 Å². The molecule has 1 aromatic heterocycles. The van der Waals surface area contributed by atoms with Crippen LogP contribution in [0.25, 0.3) is 0 Å². The normalized spacial score (nSPS) is 11.6. The molecule has 1 aromatic rings. The Morgan fingerprint density at radius 3 is 2.48 bits per heavy atom. The van der Waals surface area contributed by atoms with Gasteiger partial charge in [-0.3, -0.25) is 4.79 Å². The highest BCUT2D eigenvalue weighted by atomic mass is 19.4. The molecular weight excluding hydrogens is 303 g/mol. The molecule has 0 spiro atoms. The van der Waals surface area contributed by atoms with Gasteiger partial charge in [0, 0.05) is 23.9 Å². The van der Waals surface area contributed by atoms with E-state index in [0.717, 1.165) is 13.3 Å². The lowest BCUT2D eigenvalue weighted by molar-refractivity contribution is -0.276. The van der Waals surface area contributed by atoms with Crippen molar-refractivity contribution in [1.82, 2.24) is 4.98 Å². The smallest absolute Gasteiger partial charge is 0.469 e. The molecule has 0 saturated carbocycles. The molecule has 0 bridgehead atoms. The Morgan fingerprint density at radius 2 is 2.05 bits per heavy atom. The Kier molecular flexibility index (Phi) is 5.41. The van der Waals surface area contributed by atoms with Crippen LogP contribution in [-0.4, -0.2) is 24.4 Å². The summed E-state index contributed by atoms with van der Waals surface area (Å²) in [4.78, 5) is 14.5. The maximum Gasteiger partial charge on any atom is 0.574 e. The van der Waals surface area contributed by atoms with Crippen molar-refractivity contribution in [3.05, 3.63) is 22.9 Å². The minimum atomic E-state index is -5.14. The van der Waals surface area contributed by atoms with Crippen molar-refractivity contribution in [2.45, 2.75) is 25.8 Å². The van der Waals surface area contributed by atoms with Crippen LogP contribution in [0.1, 0.15) is 23.1 Å². The topological polar surface area (TPSA) is 74.4 Å². The number of rotatable bonds is 5. The third-order valence-corrected chi connectivity index (χ3v) is 2.47. The summed E-state index contributed by atoms with van der Waals surface area (Å²) >= 11 is 0. The lowest BCUT2D eigenvalue weighted by Gasteiger charge is -2.17. The predicted octanol–water partition coefficient (Wildman–Crippen LogP) is 2.09. The van der Waals surface area contributed by atoms with E-state index in [1.54, 1.807) is 0 Å². The molecule has 0 unspecified atom stereocenters. The SMILES string of the molecule is COC(=O)Cc1c(OC(F)(F)F)ncc(CN)c1C(F)F. The van der Waals surface area contributed by atoms with E-state index in [-0.39, 0.29) is 12.1 Å². The maximum absolute atomic E-state index is 13.1. The molecule has 5 nitrogen and oxygen atoms in total. The minimum Gasteiger partial charge on any atom is -0.469 e. The van der Waals surface area contributed by atoms with Crippen molar-refractivity contribution in [2.75, 3.05) is 7.11 Å². The van der Waals surface area contributed by atoms with Gasteiger partial charge in [-0.15, -0.1) is 13.2 Å². The van der Waals surface area contributed by atoms with E-state index in [9.17, 15) is 26.7 Å². The summed E-state index contributed by atoms with van der Waals surface area (Å²) in [5.41, 5.74) is 3.56. The van der Waals surface area contributed by atoms with Gasteiger partial charge in [0.05, 0.1) is 13.5 Å². The fourth-order valence-electron chi connectivity index (χ4n) is 1.61. The Morgan fingerprint density at radius 1 is 1.43 bits per heavy atom. The van der Waals surface area contributed by atoms with E-state index in [4.69, 9.17) is 5.73 Å². The molecular formula is C11H11F5N2O3. The summed E-state index contributed by atoms with van der Waals surface area (Å²) in [5, 5.41) is 0. The Hall–Kier alpha value is -1.97. The number of alkyl halides is 5. The van der Waals surface area contributed by atoms with Crippen molar-refractivity contribution in [1.29, 1.82) is 0 Å². The number of nitrogens with zero attached hydrogens (tertiary/aromatic N) is 1. The lowest BCUT2D eigenvalue weighted by Crippen LogP contribution is -2.21. The quantitative estimate of drug-likeness (QED) is 0.665. The standard InChI is InChI=1S/C11H11F5N2O3/c1-20-7(19)2-6-8(9(12)13)5(3-17)4-18-10(6)21-11(14,15)16/h4,9H,2-3,17H2,1H3. The number of carbonyl (C=O) groups is 1. The molecule has 21 heavy (non-hydrogen) atoms. The van der Waals surface area contributed by atoms with Crippen LogP contribution in [0.3, 0.4) is 0 Å². The summed E-state index contributed by atoms with van der Waals surface area (Å²) in [6.07, 6.45) is -8.38. The molecule has 1 rings (SSSR count). The fourth-order valence-corrected chi connectivity index (χ4v) is 1.61. The number of nitrogens with two attached hydrogens (primary N) is 1. The molecule has 0 atom stereocenters. The van der Waals surface area contributed by atoms with Crippen LogP contribution in [0, 0.1) is 0 Å². The molecule has 2 N–H and O–H groups in total. The average Bonchev–Trinajstić information content (AvgIpc) is 2.38. The second-order valence-corrected chi connectivity index (χ2v) is 3.79. The summed E-state index contributed by atoms with van der Waals surface area (Å²) in [5.74, 6) is -2.14. The highest BCUT2D eigenvalue weighted by molar-refractivity contribution is 5.74. The third kappa shape index (κ3) is 4.52. The summed E-state index contributed by atoms with van der Waals surface area (Å²) < 4.78 is 70.8. The van der Waals surface area contributed by atoms with E-state index < -0.39 is 42.2 Å². The lowest BCUT2D eigenvalue weighted by atomic mass is 10.0. The first-order valence-corrected chi connectivity index (χ1v) is 5.51. The van der Waals surface area contributed by atoms with E-state index in [2.05, 4.69) is 14.5 Å². The average molecular weight is 314 g/mol. The van der Waals surface area contributed by atoms with Crippen LogP contribution >= 0.6 is 0 Å². The second kappa shape index (κ2) is 6.66. The summed E-state index contributed by atoms with van der Waals surface area (Å²) in [6.45, 7) is -0.382. The van der Waals surface area contributed by atoms with E-state index in [0.29, 0.717) is 0 Å². The highest BCUT2D eigenvalue weighted by Gasteiger charge is 2.35. The molecule has 0 saturated heterocycles. The number of hydrogen-bond acceptors (Lipinski definition) is 5. The largest absolute Gasteiger partial charge is 0.574 e. The third-order valence-electron chi connectivity index (χ3n) is 2.47. The van der Waals surface area contributed by atoms with Gasteiger partial charge in [-0.05, 0) is 5.56 Å². The molecule has 0 aliphatic heterocycles. The van der Waals surface area contributed by atoms with Crippen LogP contribution in [0.5, 0.6) is 5.88 Å². The maximum atomic E-state index is 13.1. The molecule has 118 valence electrons. The van der Waals surface area contributed by atoms with Gasteiger partial charge in [0.1, 0.15) is 0 Å². The van der Waals surface area contributed by atoms with Crippen LogP contribution < -0.4 is 10.5 Å². The number of pyridine rings is 1. The van der Waals surface area contributed by atoms with Gasteiger partial charge < -0.3 is 15.2 Å². The number of halogens is 5. The molecule has 0 fully saturated rings. The van der Waals surface area contributed by atoms with Crippen molar-refractivity contribution >= 4 is 5.97 Å². The molecule has 0 radical (unpaired) electrons. The first kappa shape index (κ1) is 17.1. The molecule has 1 heterocycles. The van der Waals surface area contributed by atoms with E-state index >= 15 is 0 Å². The summed E-state index contributed by atoms with van der Waals surface area (Å²) in [7, 11) is 0.967. The van der Waals surface area contributed by atoms with Crippen molar-refractivity contribution < 1.29 is 36.2 Å². The predicted molar refractivity (Wildman–Crippen MR) is 59.5 cm³/mol. The van der Waals surface area contributed by atoms with Gasteiger partial charge in [-0.25, -0.2) is 13.8 Å². The number of esters is 1. The minimum absolute atomic E-state index is 0.182. The van der Waals surface area contributed by atoms with Crippen LogP contribution in [-0.2, 0) is 22.5 Å². The second-order valence-electron chi connectivity index (χ2n) is 3.79. The fraction of sp³-hybridized carbons (Fsp3) is 0.455. The number of aromatic nitrogens is 1. The highest BCUT2D eigenvalue weighted by Crippen LogP contribution is 2.34. The first-order valence-electron chi connectivity index (χ1n) is 5.51. The molecule has 0 amide bonds. The van der Waals surface area contributed by atoms with E-state index in [1.807, 2.05) is 0 Å². The van der Waals surface area contributed by atoms with Gasteiger partial charge >= 0.3 is 12.3 Å². The van der Waals surface area contributed by atoms with Gasteiger partial charge in [-0.1, -0.05) is 0 Å². The first-order chi connectivity index (χ1) is 9.69. The summed E-state index contributed by atoms with van der Waals surface area (Å²) in [6, 6.07) is 0. The molecule has 0 aliphatic rings. The zero-order valence-electron chi connectivity index (χ0n) is 10.7. The monoisotopic (exact) mass is 314 g/mol. The number of hydrogen-bond donors (Lipinski definition) is 1. The van der Waals surface area contributed by atoms with Gasteiger partial charge in [-0.2, -0.15) is 0 Å². The Balaban J connectivity index is 3.42. The van der Waals surface area contributed by atoms with Crippen molar-refractivity contribution in [3.63, 3.8) is 0 Å². The van der Waals surface area contributed by atoms with Gasteiger partial charge in [0.25, 0.3) is 6.43 Å². The van der Waals surface area contributed by atoms with Crippen molar-refractivity contribution in [3.8, 4) is 5.88 Å². The van der Waals surface area contributed by atoms with E-state index in [1.165, 1.54) is 0 Å². The van der Waals surface area contributed by atoms with Crippen molar-refractivity contribution in [2.24, 2.45) is 5.73 Å². The Labute approximate surface area is 115 Å². The Bertz CT molecular complexity index is 519.